The fraction of sp³-hybridized carbons (Fsp3) is 0.714. The van der Waals surface area contributed by atoms with Crippen LogP contribution in [0.15, 0.2) is 12.1 Å². The van der Waals surface area contributed by atoms with Gasteiger partial charge in [0.1, 0.15) is 0 Å². The maximum Gasteiger partial charge on any atom is 0.200 e. The molecule has 0 aromatic heterocycles. The molecule has 1 aromatic rings. The van der Waals surface area contributed by atoms with Crippen LogP contribution >= 0.6 is 0 Å². The van der Waals surface area contributed by atoms with Crippen LogP contribution in [0.2, 0.25) is 0 Å². The standard InChI is InChI=1S/C21H30F2O/c1-3-14-4-6-15(7-5-14)16-8-10-17(11-9-16)18-12-13-19(24-2)21(23)20(18)22/h12-17H,3-11H2,1-2H3. The molecular formula is C21H30F2O. The van der Waals surface area contributed by atoms with E-state index in [1.807, 2.05) is 0 Å². The van der Waals surface area contributed by atoms with Crippen LogP contribution in [0.3, 0.4) is 0 Å². The van der Waals surface area contributed by atoms with E-state index in [1.165, 1.54) is 52.1 Å². The average Bonchev–Trinajstić information content (AvgIpc) is 2.64. The molecule has 0 spiro atoms. The predicted molar refractivity (Wildman–Crippen MR) is 93.3 cm³/mol. The molecule has 2 saturated carbocycles. The van der Waals surface area contributed by atoms with Crippen LogP contribution < -0.4 is 4.74 Å². The van der Waals surface area contributed by atoms with Crippen molar-refractivity contribution in [1.29, 1.82) is 0 Å². The van der Waals surface area contributed by atoms with E-state index in [1.54, 1.807) is 12.1 Å². The van der Waals surface area contributed by atoms with Gasteiger partial charge in [-0.15, -0.1) is 0 Å². The number of methoxy groups -OCH3 is 1. The summed E-state index contributed by atoms with van der Waals surface area (Å²) in [5.74, 6) is 1.22. The number of hydrogen-bond donors (Lipinski definition) is 0. The van der Waals surface area contributed by atoms with Gasteiger partial charge in [0.25, 0.3) is 0 Å². The lowest BCUT2D eigenvalue weighted by Crippen LogP contribution is -2.25. The van der Waals surface area contributed by atoms with Gasteiger partial charge in [-0.05, 0) is 73.8 Å². The van der Waals surface area contributed by atoms with E-state index in [4.69, 9.17) is 4.74 Å². The Morgan fingerprint density at radius 2 is 1.46 bits per heavy atom. The summed E-state index contributed by atoms with van der Waals surface area (Å²) >= 11 is 0. The van der Waals surface area contributed by atoms with Crippen LogP contribution in [0.4, 0.5) is 8.78 Å². The Labute approximate surface area is 144 Å². The molecule has 0 atom stereocenters. The summed E-state index contributed by atoms with van der Waals surface area (Å²) in [5, 5.41) is 0. The lowest BCUT2D eigenvalue weighted by Gasteiger charge is -2.38. The first-order chi connectivity index (χ1) is 11.6. The van der Waals surface area contributed by atoms with Crippen LogP contribution in [0, 0.1) is 29.4 Å². The molecular weight excluding hydrogens is 306 g/mol. The molecule has 24 heavy (non-hydrogen) atoms. The number of ether oxygens (including phenoxy) is 1. The molecule has 3 heteroatoms. The Kier molecular flexibility index (Phi) is 5.78. The Bertz CT molecular complexity index is 541. The highest BCUT2D eigenvalue weighted by Gasteiger charge is 2.32. The van der Waals surface area contributed by atoms with Gasteiger partial charge in [0.2, 0.25) is 5.82 Å². The molecule has 0 aliphatic heterocycles. The van der Waals surface area contributed by atoms with E-state index in [-0.39, 0.29) is 11.7 Å². The zero-order chi connectivity index (χ0) is 17.1. The molecule has 1 aromatic carbocycles. The van der Waals surface area contributed by atoms with Gasteiger partial charge in [-0.1, -0.05) is 32.3 Å². The van der Waals surface area contributed by atoms with Crippen LogP contribution in [-0.2, 0) is 0 Å². The zero-order valence-corrected chi connectivity index (χ0v) is 15.0. The van der Waals surface area contributed by atoms with Crippen molar-refractivity contribution in [3.05, 3.63) is 29.3 Å². The molecule has 2 fully saturated rings. The van der Waals surface area contributed by atoms with Crippen LogP contribution in [-0.4, -0.2) is 7.11 Å². The monoisotopic (exact) mass is 336 g/mol. The highest BCUT2D eigenvalue weighted by Crippen LogP contribution is 2.45. The van der Waals surface area contributed by atoms with E-state index < -0.39 is 11.6 Å². The Balaban J connectivity index is 1.59. The van der Waals surface area contributed by atoms with Crippen molar-refractivity contribution in [2.24, 2.45) is 17.8 Å². The quantitative estimate of drug-likeness (QED) is 0.613. The van der Waals surface area contributed by atoms with Crippen molar-refractivity contribution in [2.45, 2.75) is 70.6 Å². The first kappa shape index (κ1) is 17.7. The van der Waals surface area contributed by atoms with Gasteiger partial charge in [0.15, 0.2) is 11.6 Å². The second kappa shape index (κ2) is 7.84. The Hall–Kier alpha value is -1.12. The van der Waals surface area contributed by atoms with Crippen LogP contribution in [0.1, 0.15) is 76.2 Å². The summed E-state index contributed by atoms with van der Waals surface area (Å²) in [7, 11) is 1.37. The molecule has 1 nitrogen and oxygen atoms in total. The van der Waals surface area contributed by atoms with Gasteiger partial charge in [-0.3, -0.25) is 0 Å². The van der Waals surface area contributed by atoms with Gasteiger partial charge in [0.05, 0.1) is 7.11 Å². The van der Waals surface area contributed by atoms with Crippen molar-refractivity contribution in [2.75, 3.05) is 7.11 Å². The third-order valence-corrected chi connectivity index (χ3v) is 6.64. The molecule has 0 heterocycles. The molecule has 0 amide bonds. The predicted octanol–water partition coefficient (Wildman–Crippen LogP) is 6.46. The summed E-state index contributed by atoms with van der Waals surface area (Å²) in [4.78, 5) is 0. The average molecular weight is 336 g/mol. The minimum atomic E-state index is -0.838. The number of benzene rings is 1. The molecule has 0 radical (unpaired) electrons. The maximum absolute atomic E-state index is 14.3. The summed E-state index contributed by atoms with van der Waals surface area (Å²) < 4.78 is 33.1. The van der Waals surface area contributed by atoms with Gasteiger partial charge >= 0.3 is 0 Å². The lowest BCUT2D eigenvalue weighted by atomic mass is 9.68. The molecule has 0 unspecified atom stereocenters. The van der Waals surface area contributed by atoms with E-state index in [0.717, 1.165) is 30.6 Å². The SMILES string of the molecule is CCC1CCC(C2CCC(c3ccc(OC)c(F)c3F)CC2)CC1. The van der Waals surface area contributed by atoms with E-state index in [2.05, 4.69) is 6.92 Å². The molecule has 0 saturated heterocycles. The minimum Gasteiger partial charge on any atom is -0.494 e. The lowest BCUT2D eigenvalue weighted by molar-refractivity contribution is 0.158. The van der Waals surface area contributed by atoms with Crippen LogP contribution in [0.5, 0.6) is 5.75 Å². The molecule has 3 rings (SSSR count). The van der Waals surface area contributed by atoms with E-state index >= 15 is 0 Å². The molecule has 2 aliphatic carbocycles. The van der Waals surface area contributed by atoms with Crippen molar-refractivity contribution < 1.29 is 13.5 Å². The smallest absolute Gasteiger partial charge is 0.200 e. The summed E-state index contributed by atoms with van der Waals surface area (Å²) in [6, 6.07) is 3.28. The van der Waals surface area contributed by atoms with E-state index in [9.17, 15) is 8.78 Å². The van der Waals surface area contributed by atoms with Crippen molar-refractivity contribution >= 4 is 0 Å². The number of rotatable bonds is 4. The second-order valence-corrected chi connectivity index (χ2v) is 7.79. The zero-order valence-electron chi connectivity index (χ0n) is 15.0. The third kappa shape index (κ3) is 3.60. The fourth-order valence-electron chi connectivity index (χ4n) is 4.99. The minimum absolute atomic E-state index is 0.00220. The Morgan fingerprint density at radius 1 is 0.875 bits per heavy atom. The largest absolute Gasteiger partial charge is 0.494 e. The summed E-state index contributed by atoms with van der Waals surface area (Å²) in [6.07, 6.45) is 11.2. The van der Waals surface area contributed by atoms with E-state index in [0.29, 0.717) is 5.56 Å². The summed E-state index contributed by atoms with van der Waals surface area (Å²) in [5.41, 5.74) is 0.543. The fourth-order valence-corrected chi connectivity index (χ4v) is 4.99. The molecule has 0 N–H and O–H groups in total. The number of halogens is 2. The van der Waals surface area contributed by atoms with Gasteiger partial charge in [-0.2, -0.15) is 4.39 Å². The van der Waals surface area contributed by atoms with Gasteiger partial charge < -0.3 is 4.74 Å². The van der Waals surface area contributed by atoms with Crippen molar-refractivity contribution in [3.63, 3.8) is 0 Å². The molecule has 2 aliphatic rings. The highest BCUT2D eigenvalue weighted by atomic mass is 19.2. The second-order valence-electron chi connectivity index (χ2n) is 7.79. The first-order valence-electron chi connectivity index (χ1n) is 9.65. The van der Waals surface area contributed by atoms with Gasteiger partial charge in [-0.25, -0.2) is 4.39 Å². The highest BCUT2D eigenvalue weighted by molar-refractivity contribution is 5.33. The topological polar surface area (TPSA) is 9.23 Å². The molecule has 0 bridgehead atoms. The van der Waals surface area contributed by atoms with Crippen molar-refractivity contribution in [1.82, 2.24) is 0 Å². The molecule has 134 valence electrons. The van der Waals surface area contributed by atoms with Gasteiger partial charge in [0, 0.05) is 0 Å². The van der Waals surface area contributed by atoms with Crippen molar-refractivity contribution in [3.8, 4) is 5.75 Å². The summed E-state index contributed by atoms with van der Waals surface area (Å²) in [6.45, 7) is 2.30. The third-order valence-electron chi connectivity index (χ3n) is 6.64. The normalized spacial score (nSPS) is 31.0. The first-order valence-corrected chi connectivity index (χ1v) is 9.65. The van der Waals surface area contributed by atoms with Crippen LogP contribution in [0.25, 0.3) is 0 Å². The number of hydrogen-bond acceptors (Lipinski definition) is 1. The maximum atomic E-state index is 14.3. The Morgan fingerprint density at radius 3 is 2.00 bits per heavy atom.